The molecule has 2 aliphatic rings. The fourth-order valence-corrected chi connectivity index (χ4v) is 4.89. The van der Waals surface area contributed by atoms with Crippen LogP contribution in [-0.2, 0) is 33.5 Å². The molecule has 0 spiro atoms. The predicted molar refractivity (Wildman–Crippen MR) is 142 cm³/mol. The van der Waals surface area contributed by atoms with Gasteiger partial charge < -0.3 is 31.1 Å². The van der Waals surface area contributed by atoms with Crippen molar-refractivity contribution in [2.24, 2.45) is 16.3 Å². The van der Waals surface area contributed by atoms with Crippen molar-refractivity contribution in [3.8, 4) is 0 Å². The van der Waals surface area contributed by atoms with E-state index in [-0.39, 0.29) is 46.6 Å². The summed E-state index contributed by atoms with van der Waals surface area (Å²) in [5.74, 6) is -2.68. The Morgan fingerprint density at radius 3 is 2.58 bits per heavy atom. The second-order valence-electron chi connectivity index (χ2n) is 9.05. The summed E-state index contributed by atoms with van der Waals surface area (Å²) in [7, 11) is 0. The monoisotopic (exact) mass is 591 g/mol. The molecule has 0 aliphatic carbocycles. The summed E-state index contributed by atoms with van der Waals surface area (Å²) in [5, 5.41) is 5.81. The van der Waals surface area contributed by atoms with Crippen molar-refractivity contribution in [3.05, 3.63) is 17.6 Å². The molecule has 14 nitrogen and oxygen atoms in total. The lowest BCUT2D eigenvalue weighted by atomic mass is 9.98. The van der Waals surface area contributed by atoms with E-state index in [9.17, 15) is 19.2 Å². The Morgan fingerprint density at radius 2 is 1.97 bits per heavy atom. The number of aromatic nitrogens is 2. The highest BCUT2D eigenvalue weighted by Crippen LogP contribution is 2.41. The van der Waals surface area contributed by atoms with Crippen LogP contribution in [-0.4, -0.2) is 80.3 Å². The van der Waals surface area contributed by atoms with Gasteiger partial charge in [-0.05, 0) is 46.7 Å². The van der Waals surface area contributed by atoms with Gasteiger partial charge in [-0.25, -0.2) is 4.79 Å². The Labute approximate surface area is 233 Å². The van der Waals surface area contributed by atoms with Crippen molar-refractivity contribution in [3.63, 3.8) is 0 Å². The van der Waals surface area contributed by atoms with Crippen LogP contribution in [0.25, 0.3) is 0 Å². The van der Waals surface area contributed by atoms with Gasteiger partial charge in [0.15, 0.2) is 5.13 Å². The summed E-state index contributed by atoms with van der Waals surface area (Å²) in [5.41, 5.74) is 10.1. The van der Waals surface area contributed by atoms with Crippen LogP contribution in [0.3, 0.4) is 0 Å². The van der Waals surface area contributed by atoms with E-state index in [0.717, 1.165) is 11.5 Å². The molecule has 3 heterocycles. The van der Waals surface area contributed by atoms with Crippen LogP contribution < -0.4 is 16.8 Å². The van der Waals surface area contributed by atoms with E-state index in [1.54, 1.807) is 26.8 Å². The van der Waals surface area contributed by atoms with Crippen LogP contribution in [0.1, 0.15) is 39.9 Å². The van der Waals surface area contributed by atoms with E-state index >= 15 is 0 Å². The van der Waals surface area contributed by atoms with E-state index in [2.05, 4.69) is 19.8 Å². The number of nitrogens with zero attached hydrogens (tertiary/aromatic N) is 4. The van der Waals surface area contributed by atoms with Crippen molar-refractivity contribution in [2.75, 3.05) is 25.7 Å². The molecule has 1 saturated heterocycles. The number of carbonyl (C=O) groups excluding carboxylic acids is 4. The van der Waals surface area contributed by atoms with E-state index in [0.29, 0.717) is 13.0 Å². The summed E-state index contributed by atoms with van der Waals surface area (Å²) < 4.78 is 14.0. The fraction of sp³-hybridized carbons (Fsp3) is 0.571. The van der Waals surface area contributed by atoms with Crippen LogP contribution in [0, 0.1) is 5.41 Å². The number of fused-ring (bicyclic) bond motifs is 1. The topological polar surface area (TPSA) is 201 Å². The van der Waals surface area contributed by atoms with Crippen LogP contribution in [0.15, 0.2) is 16.9 Å². The molecule has 0 bridgehead atoms. The molecule has 1 aromatic heterocycles. The average Bonchev–Trinajstić information content (AvgIpc) is 3.26. The van der Waals surface area contributed by atoms with Crippen molar-refractivity contribution >= 4 is 70.3 Å². The van der Waals surface area contributed by atoms with E-state index in [1.165, 1.54) is 16.7 Å². The molecule has 38 heavy (non-hydrogen) atoms. The zero-order valence-corrected chi connectivity index (χ0v) is 23.6. The molecule has 3 atom stereocenters. The summed E-state index contributed by atoms with van der Waals surface area (Å²) in [6.45, 7) is 6.78. The SMILES string of the molecule is CC1C=C(C(=O)OCOC(=O)C(C)(C)C)N2C(=O)C(NC(=O)C(=NOCCCN)c3nsc(N)n3)[C@@H]2S1.Cl. The van der Waals surface area contributed by atoms with Gasteiger partial charge in [0.05, 0.1) is 5.41 Å². The molecule has 5 N–H and O–H groups in total. The third kappa shape index (κ3) is 7.33. The molecular weight excluding hydrogens is 562 g/mol. The molecule has 1 aromatic rings. The van der Waals surface area contributed by atoms with E-state index in [4.69, 9.17) is 25.8 Å². The van der Waals surface area contributed by atoms with Crippen LogP contribution >= 0.6 is 35.7 Å². The molecule has 2 aliphatic heterocycles. The van der Waals surface area contributed by atoms with Crippen molar-refractivity contribution in [2.45, 2.75) is 50.8 Å². The van der Waals surface area contributed by atoms with Gasteiger partial charge in [-0.15, -0.1) is 24.2 Å². The standard InChI is InChI=1S/C21H29N7O7S2.ClH/c1-10-8-11(18(31)33-9-34-19(32)21(2,3)4)28-16(30)13(17(28)36-10)24-15(29)12(26-35-7-5-6-22)14-25-20(23)37-27-14;/h8,10,13,17H,5-7,9,22H2,1-4H3,(H,24,29)(H2,23,25,27);1H/t10?,13?,17-;/m0./s1. The first kappa shape index (κ1) is 31.3. The fourth-order valence-electron chi connectivity index (χ4n) is 3.13. The van der Waals surface area contributed by atoms with Crippen molar-refractivity contribution < 1.29 is 33.5 Å². The predicted octanol–water partition coefficient (Wildman–Crippen LogP) is 0.374. The van der Waals surface area contributed by atoms with Gasteiger partial charge in [0.2, 0.25) is 18.3 Å². The minimum absolute atomic E-state index is 0. The van der Waals surface area contributed by atoms with Gasteiger partial charge in [-0.3, -0.25) is 19.3 Å². The molecule has 0 radical (unpaired) electrons. The number of ether oxygens (including phenoxy) is 2. The molecule has 1 fully saturated rings. The number of nitrogens with two attached hydrogens (primary N) is 2. The van der Waals surface area contributed by atoms with Gasteiger partial charge in [-0.1, -0.05) is 5.16 Å². The lowest BCUT2D eigenvalue weighted by Crippen LogP contribution is -2.71. The number of anilines is 1. The number of thioether (sulfide) groups is 1. The highest BCUT2D eigenvalue weighted by molar-refractivity contribution is 8.00. The second-order valence-corrected chi connectivity index (χ2v) is 11.3. The van der Waals surface area contributed by atoms with E-state index < -0.39 is 47.4 Å². The number of amides is 2. The lowest BCUT2D eigenvalue weighted by Gasteiger charge is -2.49. The number of nitrogens with one attached hydrogen (secondary N) is 1. The maximum absolute atomic E-state index is 13.0. The molecule has 3 rings (SSSR count). The Hall–Kier alpha value is -2.95. The number of esters is 2. The Kier molecular flexibility index (Phi) is 10.9. The number of hydrogen-bond donors (Lipinski definition) is 3. The number of oxime groups is 1. The highest BCUT2D eigenvalue weighted by atomic mass is 35.5. The Balaban J connectivity index is 0.00000507. The third-order valence-corrected chi connectivity index (χ3v) is 6.87. The summed E-state index contributed by atoms with van der Waals surface area (Å²) in [4.78, 5) is 60.9. The van der Waals surface area contributed by atoms with Crippen LogP contribution in [0.5, 0.6) is 0 Å². The first-order valence-corrected chi connectivity index (χ1v) is 13.0. The van der Waals surface area contributed by atoms with E-state index in [1.807, 2.05) is 6.92 Å². The maximum atomic E-state index is 13.0. The van der Waals surface area contributed by atoms with Crippen molar-refractivity contribution in [1.82, 2.24) is 19.6 Å². The molecule has 210 valence electrons. The number of hydrogen-bond acceptors (Lipinski definition) is 14. The van der Waals surface area contributed by atoms with Crippen molar-refractivity contribution in [1.29, 1.82) is 0 Å². The molecule has 17 heteroatoms. The Morgan fingerprint density at radius 1 is 1.26 bits per heavy atom. The second kappa shape index (κ2) is 13.2. The average molecular weight is 592 g/mol. The van der Waals surface area contributed by atoms with Crippen LogP contribution in [0.2, 0.25) is 0 Å². The minimum Gasteiger partial charge on any atom is -0.427 e. The maximum Gasteiger partial charge on any atom is 0.357 e. The molecule has 2 unspecified atom stereocenters. The number of β-lactam (4-membered cyclic amide) rings is 1. The number of carbonyl (C=O) groups is 4. The smallest absolute Gasteiger partial charge is 0.357 e. The summed E-state index contributed by atoms with van der Waals surface area (Å²) >= 11 is 2.24. The first-order chi connectivity index (χ1) is 17.4. The number of rotatable bonds is 10. The highest BCUT2D eigenvalue weighted by Gasteiger charge is 2.54. The third-order valence-electron chi connectivity index (χ3n) is 5.00. The van der Waals surface area contributed by atoms with Crippen LogP contribution in [0.4, 0.5) is 5.13 Å². The van der Waals surface area contributed by atoms with Gasteiger partial charge in [0.1, 0.15) is 23.7 Å². The minimum atomic E-state index is -0.958. The Bertz CT molecular complexity index is 1120. The molecular formula is C21H30ClN7O7S2. The van der Waals surface area contributed by atoms with Gasteiger partial charge in [0, 0.05) is 16.8 Å². The first-order valence-electron chi connectivity index (χ1n) is 11.3. The molecule has 2 amide bonds. The van der Waals surface area contributed by atoms with Gasteiger partial charge in [-0.2, -0.15) is 9.36 Å². The summed E-state index contributed by atoms with van der Waals surface area (Å²) in [6.07, 6.45) is 2.09. The summed E-state index contributed by atoms with van der Waals surface area (Å²) in [6, 6.07) is -0.958. The number of nitrogen functional groups attached to an aromatic ring is 1. The largest absolute Gasteiger partial charge is 0.427 e. The number of halogens is 1. The molecule has 0 aromatic carbocycles. The lowest BCUT2D eigenvalue weighted by molar-refractivity contribution is -0.173. The normalized spacial score (nSPS) is 20.8. The van der Waals surface area contributed by atoms with Gasteiger partial charge >= 0.3 is 11.9 Å². The van der Waals surface area contributed by atoms with Gasteiger partial charge in [0.25, 0.3) is 11.8 Å². The zero-order chi connectivity index (χ0) is 27.3. The zero-order valence-electron chi connectivity index (χ0n) is 21.2. The quantitative estimate of drug-likeness (QED) is 0.0844. The molecule has 0 saturated carbocycles.